The molecule has 2 amide bonds. The fraction of sp³-hybridized carbons (Fsp3) is 0.348. The maximum absolute atomic E-state index is 13.8. The van der Waals surface area contributed by atoms with Crippen LogP contribution in [-0.2, 0) is 27.0 Å². The second-order valence-electron chi connectivity index (χ2n) is 7.90. The summed E-state index contributed by atoms with van der Waals surface area (Å²) in [7, 11) is 0. The number of hydrazine groups is 1. The first-order chi connectivity index (χ1) is 16.2. The number of para-hydroxylation sites is 1. The number of alkyl halides is 3. The quantitative estimate of drug-likeness (QED) is 0.694. The summed E-state index contributed by atoms with van der Waals surface area (Å²) in [5.41, 5.74) is 2.74. The number of nitrogens with one attached hydrogen (secondary N) is 2. The van der Waals surface area contributed by atoms with E-state index in [1.165, 1.54) is 11.1 Å². The Bertz CT molecular complexity index is 1090. The molecule has 1 unspecified atom stereocenters. The van der Waals surface area contributed by atoms with E-state index in [4.69, 9.17) is 4.74 Å². The molecule has 1 atom stereocenters. The standard InChI is InChI=1S/C23H24F3N5O3/c1-15-22(33)31(17-5-3-2-4-6-17)29-20(28-15)21(32)27-14-16-7-8-18(13-19(16)23(24,25)26)30-9-11-34-12-10-30/h2-8,13,15H,9-12,14H2,1H3,(H,27,32)(H,28,29). The lowest BCUT2D eigenvalue weighted by atomic mass is 10.0. The molecule has 180 valence electrons. The summed E-state index contributed by atoms with van der Waals surface area (Å²) in [5.74, 6) is -1.24. The molecular formula is C23H24F3N5O3. The van der Waals surface area contributed by atoms with Gasteiger partial charge in [0.2, 0.25) is 5.84 Å². The second kappa shape index (κ2) is 9.72. The Morgan fingerprint density at radius 3 is 2.53 bits per heavy atom. The van der Waals surface area contributed by atoms with Gasteiger partial charge < -0.3 is 15.0 Å². The van der Waals surface area contributed by atoms with Crippen molar-refractivity contribution in [2.24, 2.45) is 4.99 Å². The van der Waals surface area contributed by atoms with E-state index in [0.717, 1.165) is 6.07 Å². The van der Waals surface area contributed by atoms with Crippen molar-refractivity contribution in [2.75, 3.05) is 36.2 Å². The predicted molar refractivity (Wildman–Crippen MR) is 120 cm³/mol. The zero-order valence-electron chi connectivity index (χ0n) is 18.4. The average molecular weight is 475 g/mol. The van der Waals surface area contributed by atoms with Crippen LogP contribution in [0.5, 0.6) is 0 Å². The first kappa shape index (κ1) is 23.6. The number of benzene rings is 2. The Hall–Kier alpha value is -3.60. The van der Waals surface area contributed by atoms with Gasteiger partial charge in [-0.3, -0.25) is 15.0 Å². The third-order valence-corrected chi connectivity index (χ3v) is 5.56. The third kappa shape index (κ3) is 5.14. The van der Waals surface area contributed by atoms with Crippen LogP contribution in [-0.4, -0.2) is 50.0 Å². The van der Waals surface area contributed by atoms with Crippen LogP contribution in [0.25, 0.3) is 0 Å². The van der Waals surface area contributed by atoms with E-state index in [2.05, 4.69) is 15.7 Å². The number of nitrogens with zero attached hydrogens (tertiary/aromatic N) is 3. The van der Waals surface area contributed by atoms with Gasteiger partial charge >= 0.3 is 6.18 Å². The minimum Gasteiger partial charge on any atom is -0.378 e. The van der Waals surface area contributed by atoms with Gasteiger partial charge in [0, 0.05) is 25.3 Å². The van der Waals surface area contributed by atoms with Gasteiger partial charge in [0.05, 0.1) is 24.5 Å². The van der Waals surface area contributed by atoms with Crippen LogP contribution >= 0.6 is 0 Å². The minimum atomic E-state index is -4.59. The topological polar surface area (TPSA) is 86.3 Å². The molecule has 0 spiro atoms. The van der Waals surface area contributed by atoms with Gasteiger partial charge in [-0.15, -0.1) is 0 Å². The van der Waals surface area contributed by atoms with Gasteiger partial charge in [-0.1, -0.05) is 24.3 Å². The highest BCUT2D eigenvalue weighted by Gasteiger charge is 2.35. The van der Waals surface area contributed by atoms with Crippen molar-refractivity contribution in [3.63, 3.8) is 0 Å². The van der Waals surface area contributed by atoms with Crippen LogP contribution in [0.15, 0.2) is 53.5 Å². The molecule has 11 heteroatoms. The second-order valence-corrected chi connectivity index (χ2v) is 7.90. The van der Waals surface area contributed by atoms with Gasteiger partial charge in [0.15, 0.2) is 0 Å². The maximum Gasteiger partial charge on any atom is 0.416 e. The highest BCUT2D eigenvalue weighted by Crippen LogP contribution is 2.35. The minimum absolute atomic E-state index is 0.0710. The largest absolute Gasteiger partial charge is 0.416 e. The molecule has 2 aromatic carbocycles. The molecule has 0 aromatic heterocycles. The number of aliphatic imine (C=N–C) groups is 1. The van der Waals surface area contributed by atoms with E-state index in [-0.39, 0.29) is 23.9 Å². The van der Waals surface area contributed by atoms with Crippen LogP contribution in [0.4, 0.5) is 24.5 Å². The zero-order valence-corrected chi connectivity index (χ0v) is 18.4. The number of anilines is 2. The molecule has 2 aromatic rings. The molecule has 0 saturated carbocycles. The summed E-state index contributed by atoms with van der Waals surface area (Å²) in [6.07, 6.45) is -4.59. The normalized spacial score (nSPS) is 18.9. The van der Waals surface area contributed by atoms with Crippen molar-refractivity contribution < 1.29 is 27.5 Å². The maximum atomic E-state index is 13.8. The predicted octanol–water partition coefficient (Wildman–Crippen LogP) is 2.50. The smallest absolute Gasteiger partial charge is 0.378 e. The molecule has 1 fully saturated rings. The van der Waals surface area contributed by atoms with E-state index in [1.54, 1.807) is 43.3 Å². The lowest BCUT2D eigenvalue weighted by Crippen LogP contribution is -2.57. The zero-order chi connectivity index (χ0) is 24.3. The Balaban J connectivity index is 1.49. The highest BCUT2D eigenvalue weighted by molar-refractivity contribution is 6.39. The number of morpholine rings is 1. The molecule has 2 aliphatic rings. The number of carbonyl (C=O) groups excluding carboxylic acids is 2. The van der Waals surface area contributed by atoms with Gasteiger partial charge in [0.1, 0.15) is 6.04 Å². The first-order valence-electron chi connectivity index (χ1n) is 10.8. The number of amides is 2. The molecule has 2 aliphatic heterocycles. The molecular weight excluding hydrogens is 451 g/mol. The Kier molecular flexibility index (Phi) is 6.73. The van der Waals surface area contributed by atoms with E-state index < -0.39 is 23.7 Å². The third-order valence-electron chi connectivity index (χ3n) is 5.56. The number of ether oxygens (including phenoxy) is 1. The van der Waals surface area contributed by atoms with Crippen molar-refractivity contribution in [1.29, 1.82) is 0 Å². The van der Waals surface area contributed by atoms with Crippen molar-refractivity contribution in [1.82, 2.24) is 10.7 Å². The number of rotatable bonds is 5. The van der Waals surface area contributed by atoms with E-state index in [9.17, 15) is 22.8 Å². The van der Waals surface area contributed by atoms with E-state index in [0.29, 0.717) is 37.7 Å². The SMILES string of the molecule is CC1N=C(C(=O)NCc2ccc(N3CCOCC3)cc2C(F)(F)F)NN(c2ccccc2)C1=O. The molecule has 2 heterocycles. The van der Waals surface area contributed by atoms with Gasteiger partial charge in [-0.25, -0.2) is 10.0 Å². The summed E-state index contributed by atoms with van der Waals surface area (Å²) in [6.45, 7) is 3.11. The molecule has 0 radical (unpaired) electrons. The average Bonchev–Trinajstić information content (AvgIpc) is 2.84. The summed E-state index contributed by atoms with van der Waals surface area (Å²) in [5, 5.41) is 3.68. The molecule has 34 heavy (non-hydrogen) atoms. The van der Waals surface area contributed by atoms with Crippen LogP contribution < -0.4 is 20.7 Å². The van der Waals surface area contributed by atoms with Crippen molar-refractivity contribution >= 4 is 29.0 Å². The van der Waals surface area contributed by atoms with E-state index in [1.807, 2.05) is 4.90 Å². The Morgan fingerprint density at radius 1 is 1.15 bits per heavy atom. The highest BCUT2D eigenvalue weighted by atomic mass is 19.4. The van der Waals surface area contributed by atoms with Crippen LogP contribution in [0.2, 0.25) is 0 Å². The van der Waals surface area contributed by atoms with Crippen molar-refractivity contribution in [3.8, 4) is 0 Å². The summed E-state index contributed by atoms with van der Waals surface area (Å²) in [4.78, 5) is 31.1. The van der Waals surface area contributed by atoms with Crippen molar-refractivity contribution in [3.05, 3.63) is 59.7 Å². The number of hydrogen-bond acceptors (Lipinski definition) is 6. The van der Waals surface area contributed by atoms with Crippen LogP contribution in [0, 0.1) is 0 Å². The van der Waals surface area contributed by atoms with Gasteiger partial charge in [0.25, 0.3) is 11.8 Å². The fourth-order valence-electron chi connectivity index (χ4n) is 3.76. The van der Waals surface area contributed by atoms with Crippen LogP contribution in [0.3, 0.4) is 0 Å². The molecule has 0 bridgehead atoms. The number of hydrogen-bond donors (Lipinski definition) is 2. The van der Waals surface area contributed by atoms with Crippen LogP contribution in [0.1, 0.15) is 18.1 Å². The van der Waals surface area contributed by atoms with Crippen molar-refractivity contribution in [2.45, 2.75) is 25.7 Å². The lowest BCUT2D eigenvalue weighted by molar-refractivity contribution is -0.138. The lowest BCUT2D eigenvalue weighted by Gasteiger charge is -2.30. The van der Waals surface area contributed by atoms with Gasteiger partial charge in [-0.05, 0) is 36.8 Å². The monoisotopic (exact) mass is 475 g/mol. The molecule has 8 nitrogen and oxygen atoms in total. The molecule has 0 aliphatic carbocycles. The Morgan fingerprint density at radius 2 is 1.85 bits per heavy atom. The number of halogens is 3. The summed E-state index contributed by atoms with van der Waals surface area (Å²) < 4.78 is 46.6. The first-order valence-corrected chi connectivity index (χ1v) is 10.8. The number of amidine groups is 1. The molecule has 4 rings (SSSR count). The fourth-order valence-corrected chi connectivity index (χ4v) is 3.76. The molecule has 2 N–H and O–H groups in total. The van der Waals surface area contributed by atoms with E-state index >= 15 is 0 Å². The summed E-state index contributed by atoms with van der Waals surface area (Å²) >= 11 is 0. The molecule has 1 saturated heterocycles. The summed E-state index contributed by atoms with van der Waals surface area (Å²) in [6, 6.07) is 11.9. The van der Waals surface area contributed by atoms with Gasteiger partial charge in [-0.2, -0.15) is 13.2 Å². The Labute approximate surface area is 194 Å². The number of carbonyl (C=O) groups is 2.